The number of ether oxygens (including phenoxy) is 1. The monoisotopic (exact) mass is 343 g/mol. The second kappa shape index (κ2) is 6.63. The fraction of sp³-hybridized carbons (Fsp3) is 0.125. The molecular weight excluding hydrogens is 330 g/mol. The lowest BCUT2D eigenvalue weighted by atomic mass is 10.2. The van der Waals surface area contributed by atoms with Crippen molar-refractivity contribution in [1.82, 2.24) is 9.38 Å². The molecule has 24 heavy (non-hydrogen) atoms. The highest BCUT2D eigenvalue weighted by Crippen LogP contribution is 2.13. The average molecular weight is 343 g/mol. The van der Waals surface area contributed by atoms with Crippen molar-refractivity contribution < 1.29 is 14.3 Å². The van der Waals surface area contributed by atoms with Gasteiger partial charge in [-0.05, 0) is 18.2 Å². The number of nitrogens with one attached hydrogen (secondary N) is 1. The number of anilines is 1. The Morgan fingerprint density at radius 3 is 2.96 bits per heavy atom. The van der Waals surface area contributed by atoms with Crippen LogP contribution in [-0.2, 0) is 16.1 Å². The van der Waals surface area contributed by atoms with Crippen molar-refractivity contribution in [3.63, 3.8) is 0 Å². The van der Waals surface area contributed by atoms with Gasteiger partial charge in [-0.15, -0.1) is 11.3 Å². The van der Waals surface area contributed by atoms with E-state index in [1.807, 2.05) is 0 Å². The van der Waals surface area contributed by atoms with Crippen LogP contribution >= 0.6 is 11.3 Å². The molecule has 0 spiro atoms. The minimum Gasteiger partial charge on any atom is -0.456 e. The summed E-state index contributed by atoms with van der Waals surface area (Å²) in [7, 11) is 0. The minimum absolute atomic E-state index is 0.104. The maximum absolute atomic E-state index is 12.1. The Hall–Kier alpha value is -3.00. The number of nitrogens with zero attached hydrogens (tertiary/aromatic N) is 2. The van der Waals surface area contributed by atoms with E-state index in [-0.39, 0.29) is 18.1 Å². The Balaban J connectivity index is 1.72. The number of amides is 1. The molecule has 0 aliphatic heterocycles. The molecule has 1 aromatic carbocycles. The summed E-state index contributed by atoms with van der Waals surface area (Å²) in [4.78, 5) is 39.8. The van der Waals surface area contributed by atoms with Gasteiger partial charge in [0.1, 0.15) is 6.61 Å². The number of aromatic nitrogens is 2. The molecule has 122 valence electrons. The van der Waals surface area contributed by atoms with E-state index in [1.165, 1.54) is 34.8 Å². The van der Waals surface area contributed by atoms with Crippen LogP contribution in [0.25, 0.3) is 4.96 Å². The maximum Gasteiger partial charge on any atom is 0.338 e. The molecule has 0 aliphatic carbocycles. The van der Waals surface area contributed by atoms with Crippen molar-refractivity contribution in [2.45, 2.75) is 13.5 Å². The van der Waals surface area contributed by atoms with Gasteiger partial charge < -0.3 is 10.1 Å². The van der Waals surface area contributed by atoms with Crippen molar-refractivity contribution in [3.8, 4) is 0 Å². The topological polar surface area (TPSA) is 89.8 Å². The Kier molecular flexibility index (Phi) is 4.39. The summed E-state index contributed by atoms with van der Waals surface area (Å²) in [5.41, 5.74) is 0.970. The lowest BCUT2D eigenvalue weighted by molar-refractivity contribution is -0.114. The number of thiazole rings is 1. The van der Waals surface area contributed by atoms with E-state index in [2.05, 4.69) is 10.3 Å². The van der Waals surface area contributed by atoms with Crippen LogP contribution in [-0.4, -0.2) is 21.3 Å². The summed E-state index contributed by atoms with van der Waals surface area (Å²) >= 11 is 1.33. The second-order valence-corrected chi connectivity index (χ2v) is 5.85. The molecule has 2 aromatic heterocycles. The molecule has 0 unspecified atom stereocenters. The molecule has 1 N–H and O–H groups in total. The summed E-state index contributed by atoms with van der Waals surface area (Å²) < 4.78 is 6.62. The normalized spacial score (nSPS) is 10.5. The zero-order valence-electron chi connectivity index (χ0n) is 12.7. The quantitative estimate of drug-likeness (QED) is 0.733. The van der Waals surface area contributed by atoms with E-state index >= 15 is 0 Å². The lowest BCUT2D eigenvalue weighted by Crippen LogP contribution is -2.15. The molecular formula is C16H13N3O4S. The van der Waals surface area contributed by atoms with E-state index in [0.717, 1.165) is 0 Å². The van der Waals surface area contributed by atoms with Gasteiger partial charge in [-0.3, -0.25) is 14.0 Å². The number of hydrogen-bond acceptors (Lipinski definition) is 6. The van der Waals surface area contributed by atoms with Gasteiger partial charge >= 0.3 is 5.97 Å². The molecule has 0 fully saturated rings. The SMILES string of the molecule is CC(=O)Nc1cccc(C(=O)OCc2cc(=O)n3ccsc3n2)c1. The van der Waals surface area contributed by atoms with E-state index in [1.54, 1.807) is 29.8 Å². The van der Waals surface area contributed by atoms with Crippen LogP contribution in [0.2, 0.25) is 0 Å². The number of rotatable bonds is 4. The number of hydrogen-bond donors (Lipinski definition) is 1. The molecule has 3 rings (SSSR count). The van der Waals surface area contributed by atoms with Crippen molar-refractivity contribution in [2.24, 2.45) is 0 Å². The third-order valence-electron chi connectivity index (χ3n) is 3.13. The molecule has 8 heteroatoms. The average Bonchev–Trinajstić information content (AvgIpc) is 3.01. The first-order valence-electron chi connectivity index (χ1n) is 7.03. The number of fused-ring (bicyclic) bond motifs is 1. The fourth-order valence-electron chi connectivity index (χ4n) is 2.11. The molecule has 0 aliphatic rings. The Morgan fingerprint density at radius 2 is 2.17 bits per heavy atom. The summed E-state index contributed by atoms with van der Waals surface area (Å²) in [6, 6.07) is 7.75. The number of carbonyl (C=O) groups is 2. The smallest absolute Gasteiger partial charge is 0.338 e. The van der Waals surface area contributed by atoms with Crippen molar-refractivity contribution in [3.05, 3.63) is 63.5 Å². The van der Waals surface area contributed by atoms with Gasteiger partial charge in [-0.25, -0.2) is 9.78 Å². The molecule has 0 radical (unpaired) electrons. The molecule has 0 saturated heterocycles. The van der Waals surface area contributed by atoms with Crippen molar-refractivity contribution in [1.29, 1.82) is 0 Å². The number of carbonyl (C=O) groups excluding carboxylic acids is 2. The first kappa shape index (κ1) is 15.9. The van der Waals surface area contributed by atoms with Crippen LogP contribution in [0.15, 0.2) is 46.7 Å². The fourth-order valence-corrected chi connectivity index (χ4v) is 2.85. The third kappa shape index (κ3) is 3.49. The summed E-state index contributed by atoms with van der Waals surface area (Å²) in [6.07, 6.45) is 1.64. The van der Waals surface area contributed by atoms with Gasteiger partial charge in [0.15, 0.2) is 4.96 Å². The minimum atomic E-state index is -0.560. The lowest BCUT2D eigenvalue weighted by Gasteiger charge is -2.07. The van der Waals surface area contributed by atoms with Crippen molar-refractivity contribution in [2.75, 3.05) is 5.32 Å². The molecule has 0 atom stereocenters. The highest BCUT2D eigenvalue weighted by Gasteiger charge is 2.10. The molecule has 1 amide bonds. The summed E-state index contributed by atoms with van der Waals surface area (Å²) in [6.45, 7) is 1.28. The van der Waals surface area contributed by atoms with Crippen LogP contribution in [0, 0.1) is 0 Å². The Morgan fingerprint density at radius 1 is 1.33 bits per heavy atom. The van der Waals surface area contributed by atoms with Gasteiger partial charge in [-0.1, -0.05) is 6.07 Å². The van der Waals surface area contributed by atoms with Gasteiger partial charge in [0.25, 0.3) is 5.56 Å². The molecule has 0 saturated carbocycles. The van der Waals surface area contributed by atoms with Gasteiger partial charge in [0, 0.05) is 30.3 Å². The number of benzene rings is 1. The van der Waals surface area contributed by atoms with E-state index < -0.39 is 5.97 Å². The predicted octanol–water partition coefficient (Wildman–Crippen LogP) is 2.07. The van der Waals surface area contributed by atoms with Gasteiger partial charge in [-0.2, -0.15) is 0 Å². The largest absolute Gasteiger partial charge is 0.456 e. The van der Waals surface area contributed by atoms with E-state index in [4.69, 9.17) is 4.74 Å². The predicted molar refractivity (Wildman–Crippen MR) is 89.2 cm³/mol. The maximum atomic E-state index is 12.1. The van der Waals surface area contributed by atoms with E-state index in [9.17, 15) is 14.4 Å². The first-order valence-corrected chi connectivity index (χ1v) is 7.91. The first-order chi connectivity index (χ1) is 11.5. The van der Waals surface area contributed by atoms with Gasteiger partial charge in [0.05, 0.1) is 11.3 Å². The van der Waals surface area contributed by atoms with Crippen LogP contribution in [0.3, 0.4) is 0 Å². The summed E-state index contributed by atoms with van der Waals surface area (Å²) in [5.74, 6) is -0.787. The summed E-state index contributed by atoms with van der Waals surface area (Å²) in [5, 5.41) is 4.35. The van der Waals surface area contributed by atoms with Crippen LogP contribution in [0.4, 0.5) is 5.69 Å². The number of esters is 1. The van der Waals surface area contributed by atoms with Crippen LogP contribution in [0.5, 0.6) is 0 Å². The highest BCUT2D eigenvalue weighted by molar-refractivity contribution is 7.15. The van der Waals surface area contributed by atoms with Crippen molar-refractivity contribution >= 4 is 33.9 Å². The van der Waals surface area contributed by atoms with Gasteiger partial charge in [0.2, 0.25) is 5.91 Å². The second-order valence-electron chi connectivity index (χ2n) is 4.98. The Bertz CT molecular complexity index is 977. The standard InChI is InChI=1S/C16H13N3O4S/c1-10(20)17-12-4-2-3-11(7-12)15(22)23-9-13-8-14(21)19-5-6-24-16(19)18-13/h2-8H,9H2,1H3,(H,17,20). The third-order valence-corrected chi connectivity index (χ3v) is 3.88. The molecule has 0 bridgehead atoms. The van der Waals surface area contributed by atoms with Crippen LogP contribution < -0.4 is 10.9 Å². The zero-order valence-corrected chi connectivity index (χ0v) is 13.5. The molecule has 7 nitrogen and oxygen atoms in total. The molecule has 2 heterocycles. The Labute approximate surface area is 140 Å². The molecule has 3 aromatic rings. The van der Waals surface area contributed by atoms with E-state index in [0.29, 0.717) is 21.9 Å². The van der Waals surface area contributed by atoms with Crippen LogP contribution in [0.1, 0.15) is 23.0 Å². The zero-order chi connectivity index (χ0) is 17.1. The highest BCUT2D eigenvalue weighted by atomic mass is 32.1.